The Morgan fingerprint density at radius 1 is 1.43 bits per heavy atom. The van der Waals surface area contributed by atoms with Gasteiger partial charge in [0.2, 0.25) is 6.41 Å². The second kappa shape index (κ2) is 6.22. The molecule has 1 aromatic carbocycles. The van der Waals surface area contributed by atoms with Gasteiger partial charge in [0.25, 0.3) is 0 Å². The lowest BCUT2D eigenvalue weighted by molar-refractivity contribution is -0.105. The molecule has 1 amide bonds. The number of methoxy groups -OCH3 is 1. The van der Waals surface area contributed by atoms with Crippen molar-refractivity contribution >= 4 is 28.0 Å². The molecule has 0 atom stereocenters. The number of pyridine rings is 1. The van der Waals surface area contributed by atoms with Gasteiger partial charge in [-0.3, -0.25) is 9.78 Å². The summed E-state index contributed by atoms with van der Waals surface area (Å²) in [6.07, 6.45) is 2.16. The number of halogens is 2. The van der Waals surface area contributed by atoms with Gasteiger partial charge in [-0.1, -0.05) is 6.07 Å². The van der Waals surface area contributed by atoms with E-state index in [1.165, 1.54) is 7.11 Å². The van der Waals surface area contributed by atoms with Crippen LogP contribution in [-0.4, -0.2) is 18.5 Å². The third kappa shape index (κ3) is 2.63. The summed E-state index contributed by atoms with van der Waals surface area (Å²) in [5.74, 6) is -0.435. The molecule has 110 valence electrons. The first-order chi connectivity index (χ1) is 10.0. The van der Waals surface area contributed by atoms with E-state index in [0.29, 0.717) is 33.4 Å². The van der Waals surface area contributed by atoms with Crippen molar-refractivity contribution in [3.8, 4) is 17.0 Å². The molecule has 0 unspecified atom stereocenters. The number of hydrogen-bond donors (Lipinski definition) is 1. The van der Waals surface area contributed by atoms with Crippen molar-refractivity contribution < 1.29 is 13.9 Å². The number of carbonyl (C=O) groups is 1. The fraction of sp³-hybridized carbons (Fsp3) is 0.200. The van der Waals surface area contributed by atoms with Crippen LogP contribution < -0.4 is 10.1 Å². The molecule has 6 heteroatoms. The highest BCUT2D eigenvalue weighted by Gasteiger charge is 2.24. The van der Waals surface area contributed by atoms with Gasteiger partial charge in [-0.05, 0) is 41.4 Å². The smallest absolute Gasteiger partial charge is 0.211 e. The number of aryl methyl sites for hydroxylation is 1. The average Bonchev–Trinajstić information content (AvgIpc) is 2.47. The molecule has 1 N–H and O–H groups in total. The summed E-state index contributed by atoms with van der Waals surface area (Å²) in [4.78, 5) is 15.2. The number of anilines is 1. The summed E-state index contributed by atoms with van der Waals surface area (Å²) >= 11 is 3.36. The molecule has 0 radical (unpaired) electrons. The molecule has 0 spiro atoms. The van der Waals surface area contributed by atoms with E-state index in [1.54, 1.807) is 13.1 Å². The highest BCUT2D eigenvalue weighted by molar-refractivity contribution is 9.10. The Labute approximate surface area is 130 Å². The molecule has 0 saturated heterocycles. The maximum atomic E-state index is 14.3. The molecule has 2 aromatic rings. The monoisotopic (exact) mass is 352 g/mol. The molecule has 0 bridgehead atoms. The molecule has 4 nitrogen and oxygen atoms in total. The van der Waals surface area contributed by atoms with Crippen LogP contribution in [0.3, 0.4) is 0 Å². The molecule has 21 heavy (non-hydrogen) atoms. The van der Waals surface area contributed by atoms with Crippen LogP contribution in [0.4, 0.5) is 10.1 Å². The van der Waals surface area contributed by atoms with E-state index in [1.807, 2.05) is 19.1 Å². The van der Waals surface area contributed by atoms with Gasteiger partial charge < -0.3 is 10.1 Å². The van der Waals surface area contributed by atoms with E-state index in [0.717, 1.165) is 5.56 Å². The zero-order chi connectivity index (χ0) is 15.6. The normalized spacial score (nSPS) is 10.3. The lowest BCUT2D eigenvalue weighted by Crippen LogP contribution is -2.06. The van der Waals surface area contributed by atoms with Crippen LogP contribution in [0.1, 0.15) is 11.1 Å². The number of nitrogens with zero attached hydrogens (tertiary/aromatic N) is 1. The number of carbonyl (C=O) groups excluding carboxylic acids is 1. The number of nitrogens with one attached hydrogen (secondary N) is 1. The van der Waals surface area contributed by atoms with Crippen LogP contribution in [0, 0.1) is 19.7 Å². The van der Waals surface area contributed by atoms with Crippen molar-refractivity contribution in [1.29, 1.82) is 0 Å². The van der Waals surface area contributed by atoms with Crippen molar-refractivity contribution in [2.45, 2.75) is 13.8 Å². The summed E-state index contributed by atoms with van der Waals surface area (Å²) in [5.41, 5.74) is 2.81. The van der Waals surface area contributed by atoms with Crippen molar-refractivity contribution in [3.05, 3.63) is 39.7 Å². The lowest BCUT2D eigenvalue weighted by Gasteiger charge is -2.18. The lowest BCUT2D eigenvalue weighted by atomic mass is 10.0. The highest BCUT2D eigenvalue weighted by atomic mass is 79.9. The minimum Gasteiger partial charge on any atom is -0.492 e. The number of rotatable bonds is 4. The molecule has 1 aromatic heterocycles. The summed E-state index contributed by atoms with van der Waals surface area (Å²) in [6, 6.07) is 3.71. The maximum Gasteiger partial charge on any atom is 0.211 e. The Hall–Kier alpha value is -1.95. The first-order valence-electron chi connectivity index (χ1n) is 6.20. The Bertz CT molecular complexity index is 705. The van der Waals surface area contributed by atoms with Crippen LogP contribution in [-0.2, 0) is 4.79 Å². The maximum absolute atomic E-state index is 14.3. The summed E-state index contributed by atoms with van der Waals surface area (Å²) in [7, 11) is 1.39. The number of hydrogen-bond acceptors (Lipinski definition) is 3. The van der Waals surface area contributed by atoms with Gasteiger partial charge >= 0.3 is 0 Å². The molecule has 0 fully saturated rings. The van der Waals surface area contributed by atoms with E-state index < -0.39 is 5.82 Å². The van der Waals surface area contributed by atoms with Gasteiger partial charge in [-0.2, -0.15) is 0 Å². The predicted molar refractivity (Wildman–Crippen MR) is 83.0 cm³/mol. The van der Waals surface area contributed by atoms with E-state index in [9.17, 15) is 9.18 Å². The minimum absolute atomic E-state index is 0.0870. The first-order valence-corrected chi connectivity index (χ1v) is 6.99. The van der Waals surface area contributed by atoms with Crippen molar-refractivity contribution in [2.75, 3.05) is 12.4 Å². The van der Waals surface area contributed by atoms with Crippen molar-refractivity contribution in [1.82, 2.24) is 4.98 Å². The zero-order valence-corrected chi connectivity index (χ0v) is 13.4. The quantitative estimate of drug-likeness (QED) is 0.850. The van der Waals surface area contributed by atoms with Gasteiger partial charge in [0, 0.05) is 17.3 Å². The molecule has 0 aliphatic heterocycles. The molecule has 0 aliphatic rings. The van der Waals surface area contributed by atoms with E-state index in [2.05, 4.69) is 26.2 Å². The molecule has 0 aliphatic carbocycles. The Morgan fingerprint density at radius 2 is 2.14 bits per heavy atom. The molecule has 2 rings (SSSR count). The number of benzene rings is 1. The largest absolute Gasteiger partial charge is 0.492 e. The van der Waals surface area contributed by atoms with Gasteiger partial charge in [0.15, 0.2) is 11.6 Å². The van der Waals surface area contributed by atoms with Crippen LogP contribution in [0.15, 0.2) is 22.8 Å². The topological polar surface area (TPSA) is 51.2 Å². The van der Waals surface area contributed by atoms with Crippen LogP contribution in [0.5, 0.6) is 5.75 Å². The Balaban J connectivity index is 2.89. The summed E-state index contributed by atoms with van der Waals surface area (Å²) < 4.78 is 19.9. The van der Waals surface area contributed by atoms with E-state index in [4.69, 9.17) is 4.74 Å². The summed E-state index contributed by atoms with van der Waals surface area (Å²) in [6.45, 7) is 3.47. The number of ether oxygens (including phenoxy) is 1. The van der Waals surface area contributed by atoms with E-state index in [-0.39, 0.29) is 5.75 Å². The van der Waals surface area contributed by atoms with Gasteiger partial charge in [-0.25, -0.2) is 4.39 Å². The van der Waals surface area contributed by atoms with Crippen molar-refractivity contribution in [3.63, 3.8) is 0 Å². The molecule has 1 heterocycles. The predicted octanol–water partition coefficient (Wildman–Crippen LogP) is 3.84. The fourth-order valence-corrected chi connectivity index (χ4v) is 2.90. The third-order valence-electron chi connectivity index (χ3n) is 3.23. The number of aromatic nitrogens is 1. The van der Waals surface area contributed by atoms with Crippen molar-refractivity contribution in [2.24, 2.45) is 0 Å². The molecular weight excluding hydrogens is 339 g/mol. The minimum atomic E-state index is -0.522. The van der Waals surface area contributed by atoms with Crippen LogP contribution in [0.2, 0.25) is 0 Å². The second-order valence-corrected chi connectivity index (χ2v) is 5.26. The van der Waals surface area contributed by atoms with Gasteiger partial charge in [-0.15, -0.1) is 0 Å². The highest BCUT2D eigenvalue weighted by Crippen LogP contribution is 2.45. The fourth-order valence-electron chi connectivity index (χ4n) is 2.18. The SMILES string of the molecule is COc1c(F)c(C)c(NC=O)c(-c2ncccc2C)c1Br. The summed E-state index contributed by atoms with van der Waals surface area (Å²) in [5, 5.41) is 2.56. The van der Waals surface area contributed by atoms with Gasteiger partial charge in [0.1, 0.15) is 0 Å². The molecule has 0 saturated carbocycles. The third-order valence-corrected chi connectivity index (χ3v) is 3.98. The van der Waals surface area contributed by atoms with Crippen LogP contribution >= 0.6 is 15.9 Å². The second-order valence-electron chi connectivity index (χ2n) is 4.47. The van der Waals surface area contributed by atoms with Gasteiger partial charge in [0.05, 0.1) is 23.0 Å². The molecular formula is C15H14BrFN2O2. The standard InChI is InChI=1S/C15H14BrFN2O2/c1-8-5-4-6-18-13(8)10-11(16)15(21-3)12(17)9(2)14(10)19-7-20/h4-7H,1-3H3,(H,19,20). The van der Waals surface area contributed by atoms with E-state index >= 15 is 0 Å². The van der Waals surface area contributed by atoms with Crippen LogP contribution in [0.25, 0.3) is 11.3 Å². The Kier molecular flexibility index (Phi) is 4.57. The first kappa shape index (κ1) is 15.4. The number of amides is 1. The Morgan fingerprint density at radius 3 is 2.71 bits per heavy atom. The zero-order valence-electron chi connectivity index (χ0n) is 11.8. The average molecular weight is 353 g/mol.